The minimum atomic E-state index is 0.0428. The molecule has 1 aliphatic carbocycles. The number of benzene rings is 2. The molecule has 41 heavy (non-hydrogen) atoms. The number of rotatable bonds is 9. The third-order valence-electron chi connectivity index (χ3n) is 9.69. The first kappa shape index (κ1) is 29.7. The van der Waals surface area contributed by atoms with Gasteiger partial charge in [-0.05, 0) is 93.8 Å². The number of fused-ring (bicyclic) bond motifs is 1. The number of nitrogens with zero attached hydrogens (tertiary/aromatic N) is 2. The van der Waals surface area contributed by atoms with Gasteiger partial charge in [0.05, 0.1) is 19.8 Å². The maximum absolute atomic E-state index is 5.99. The van der Waals surface area contributed by atoms with Gasteiger partial charge in [-0.3, -0.25) is 9.80 Å². The third-order valence-corrected chi connectivity index (χ3v) is 9.69. The average Bonchev–Trinajstić information content (AvgIpc) is 3.72. The number of methoxy groups -OCH3 is 2. The molecule has 2 aromatic rings. The predicted molar refractivity (Wildman–Crippen MR) is 169 cm³/mol. The highest BCUT2D eigenvalue weighted by Gasteiger charge is 2.51. The normalized spacial score (nSPS) is 20.0. The van der Waals surface area contributed by atoms with E-state index in [4.69, 9.17) is 9.47 Å². The fourth-order valence-corrected chi connectivity index (χ4v) is 6.90. The molecule has 2 aromatic carbocycles. The smallest absolute Gasteiger partial charge is 0.127 e. The highest BCUT2D eigenvalue weighted by Crippen LogP contribution is 2.46. The van der Waals surface area contributed by atoms with Gasteiger partial charge < -0.3 is 20.1 Å². The second kappa shape index (κ2) is 11.8. The number of nitrogens with one attached hydrogen (secondary N) is 2. The molecule has 222 valence electrons. The van der Waals surface area contributed by atoms with Gasteiger partial charge in [0.25, 0.3) is 0 Å². The molecule has 6 nitrogen and oxygen atoms in total. The van der Waals surface area contributed by atoms with Gasteiger partial charge in [0.15, 0.2) is 0 Å². The van der Waals surface area contributed by atoms with Gasteiger partial charge in [-0.2, -0.15) is 0 Å². The van der Waals surface area contributed by atoms with Crippen LogP contribution in [-0.4, -0.2) is 62.8 Å². The summed E-state index contributed by atoms with van der Waals surface area (Å²) in [6.07, 6.45) is 5.74. The van der Waals surface area contributed by atoms with Crippen molar-refractivity contribution in [2.75, 3.05) is 47.4 Å². The van der Waals surface area contributed by atoms with Crippen LogP contribution in [0.3, 0.4) is 0 Å². The van der Waals surface area contributed by atoms with E-state index in [2.05, 4.69) is 91.6 Å². The Labute approximate surface area is 247 Å². The van der Waals surface area contributed by atoms with Crippen LogP contribution in [0.1, 0.15) is 75.3 Å². The second-order valence-corrected chi connectivity index (χ2v) is 12.9. The molecule has 3 aliphatic rings. The zero-order chi connectivity index (χ0) is 29.4. The Morgan fingerprint density at radius 2 is 1.73 bits per heavy atom. The van der Waals surface area contributed by atoms with Gasteiger partial charge in [0.2, 0.25) is 0 Å². The number of allylic oxidation sites excluding steroid dienone is 3. The SMILES string of the molecule is CN/C=C(\C(C)=C(C)C)c1cc(OC)c(CN2CCN(Cc3cccc4c3CCNC4(C)C)C3(CC3)C2)c(OC)c1. The van der Waals surface area contributed by atoms with Crippen LogP contribution < -0.4 is 20.1 Å². The van der Waals surface area contributed by atoms with Gasteiger partial charge in [-0.15, -0.1) is 0 Å². The molecule has 1 saturated carbocycles. The Bertz CT molecular complexity index is 1310. The highest BCUT2D eigenvalue weighted by atomic mass is 16.5. The van der Waals surface area contributed by atoms with Gasteiger partial charge in [-0.25, -0.2) is 0 Å². The molecule has 2 N–H and O–H groups in total. The van der Waals surface area contributed by atoms with Crippen LogP contribution in [0.5, 0.6) is 11.5 Å². The van der Waals surface area contributed by atoms with Crippen molar-refractivity contribution in [2.45, 2.75) is 78.0 Å². The van der Waals surface area contributed by atoms with Crippen molar-refractivity contribution in [2.24, 2.45) is 0 Å². The van der Waals surface area contributed by atoms with Crippen molar-refractivity contribution in [3.05, 3.63) is 75.5 Å². The van der Waals surface area contributed by atoms with Crippen LogP contribution >= 0.6 is 0 Å². The number of hydrogen-bond donors (Lipinski definition) is 2. The molecular weight excluding hydrogens is 508 g/mol. The van der Waals surface area contributed by atoms with E-state index in [1.807, 2.05) is 7.05 Å². The van der Waals surface area contributed by atoms with Crippen LogP contribution in [0, 0.1) is 0 Å². The molecule has 6 heteroatoms. The van der Waals surface area contributed by atoms with E-state index in [0.717, 1.165) is 73.9 Å². The monoisotopic (exact) mass is 558 g/mol. The van der Waals surface area contributed by atoms with E-state index >= 15 is 0 Å². The van der Waals surface area contributed by atoms with E-state index < -0.39 is 0 Å². The van der Waals surface area contributed by atoms with Gasteiger partial charge >= 0.3 is 0 Å². The first-order valence-corrected chi connectivity index (χ1v) is 15.2. The van der Waals surface area contributed by atoms with Crippen LogP contribution in [0.25, 0.3) is 5.57 Å². The number of ether oxygens (including phenoxy) is 2. The van der Waals surface area contributed by atoms with Crippen molar-refractivity contribution in [1.29, 1.82) is 0 Å². The molecule has 0 radical (unpaired) electrons. The Hall–Kier alpha value is -2.80. The lowest BCUT2D eigenvalue weighted by Gasteiger charge is -2.43. The first-order chi connectivity index (χ1) is 19.6. The summed E-state index contributed by atoms with van der Waals surface area (Å²) >= 11 is 0. The molecular formula is C35H50N4O2. The lowest BCUT2D eigenvalue weighted by Crippen LogP contribution is -2.54. The van der Waals surface area contributed by atoms with Crippen LogP contribution in [0.4, 0.5) is 0 Å². The van der Waals surface area contributed by atoms with Crippen LogP contribution in [0.2, 0.25) is 0 Å². The summed E-state index contributed by atoms with van der Waals surface area (Å²) in [6.45, 7) is 17.2. The summed E-state index contributed by atoms with van der Waals surface area (Å²) in [4.78, 5) is 5.39. The zero-order valence-corrected chi connectivity index (χ0v) is 26.5. The van der Waals surface area contributed by atoms with E-state index in [0.29, 0.717) is 0 Å². The lowest BCUT2D eigenvalue weighted by molar-refractivity contribution is 0.0479. The number of hydrogen-bond acceptors (Lipinski definition) is 6. The Morgan fingerprint density at radius 1 is 1.02 bits per heavy atom. The largest absolute Gasteiger partial charge is 0.496 e. The summed E-state index contributed by atoms with van der Waals surface area (Å²) in [5.41, 5.74) is 10.8. The van der Waals surface area contributed by atoms with Crippen LogP contribution in [-0.2, 0) is 25.0 Å². The molecule has 2 aliphatic heterocycles. The van der Waals surface area contributed by atoms with Crippen molar-refractivity contribution in [3.63, 3.8) is 0 Å². The first-order valence-electron chi connectivity index (χ1n) is 15.2. The van der Waals surface area contributed by atoms with E-state index in [1.165, 1.54) is 35.1 Å². The van der Waals surface area contributed by atoms with E-state index in [-0.39, 0.29) is 11.1 Å². The van der Waals surface area contributed by atoms with E-state index in [1.54, 1.807) is 19.8 Å². The summed E-state index contributed by atoms with van der Waals surface area (Å²) in [5, 5.41) is 6.92. The average molecular weight is 559 g/mol. The molecule has 0 atom stereocenters. The maximum Gasteiger partial charge on any atom is 0.127 e. The molecule has 0 unspecified atom stereocenters. The molecule has 1 spiro atoms. The Balaban J connectivity index is 1.35. The summed E-state index contributed by atoms with van der Waals surface area (Å²) < 4.78 is 12.0. The quantitative estimate of drug-likeness (QED) is 0.377. The van der Waals surface area contributed by atoms with Gasteiger partial charge in [-0.1, -0.05) is 23.8 Å². The predicted octanol–water partition coefficient (Wildman–Crippen LogP) is 5.85. The van der Waals surface area contributed by atoms with E-state index in [9.17, 15) is 0 Å². The van der Waals surface area contributed by atoms with Crippen molar-refractivity contribution >= 4 is 5.57 Å². The molecule has 1 saturated heterocycles. The molecule has 2 heterocycles. The van der Waals surface area contributed by atoms with Crippen molar-refractivity contribution in [1.82, 2.24) is 20.4 Å². The topological polar surface area (TPSA) is 49.0 Å². The summed E-state index contributed by atoms with van der Waals surface area (Å²) in [6, 6.07) is 11.3. The molecule has 2 fully saturated rings. The standard InChI is InChI=1S/C35H50N4O2/c1-24(2)25(3)29(20-36-6)27-18-32(40-7)30(33(19-27)41-8)22-38-16-17-39(35(23-38)13-14-35)21-26-10-9-11-31-28(26)12-15-37-34(31,4)5/h9-11,18-20,36-37H,12-17,21-23H2,1-8H3/b29-20+. The summed E-state index contributed by atoms with van der Waals surface area (Å²) in [7, 11) is 5.49. The molecule has 5 rings (SSSR count). The molecule has 0 amide bonds. The molecule has 0 bridgehead atoms. The Morgan fingerprint density at radius 3 is 2.34 bits per heavy atom. The number of piperazine rings is 1. The zero-order valence-electron chi connectivity index (χ0n) is 26.5. The van der Waals surface area contributed by atoms with Crippen molar-refractivity contribution in [3.8, 4) is 11.5 Å². The van der Waals surface area contributed by atoms with Crippen LogP contribution in [0.15, 0.2) is 47.7 Å². The Kier molecular flexibility index (Phi) is 8.56. The highest BCUT2D eigenvalue weighted by molar-refractivity contribution is 5.80. The fourth-order valence-electron chi connectivity index (χ4n) is 6.90. The fraction of sp³-hybridized carbons (Fsp3) is 0.543. The minimum Gasteiger partial charge on any atom is -0.496 e. The summed E-state index contributed by atoms with van der Waals surface area (Å²) in [5.74, 6) is 1.78. The minimum absolute atomic E-state index is 0.0428. The van der Waals surface area contributed by atoms with Gasteiger partial charge in [0.1, 0.15) is 11.5 Å². The van der Waals surface area contributed by atoms with Gasteiger partial charge in [0, 0.05) is 69.2 Å². The molecule has 0 aromatic heterocycles. The van der Waals surface area contributed by atoms with Crippen molar-refractivity contribution < 1.29 is 9.47 Å². The third kappa shape index (κ3) is 5.93. The lowest BCUT2D eigenvalue weighted by atomic mass is 9.83. The maximum atomic E-state index is 5.99. The second-order valence-electron chi connectivity index (χ2n) is 12.9.